The van der Waals surface area contributed by atoms with Crippen molar-refractivity contribution in [2.45, 2.75) is 20.3 Å². The highest BCUT2D eigenvalue weighted by Crippen LogP contribution is 1.90. The van der Waals surface area contributed by atoms with E-state index >= 15 is 0 Å². The van der Waals surface area contributed by atoms with Crippen LogP contribution < -0.4 is 5.32 Å². The van der Waals surface area contributed by atoms with Crippen LogP contribution in [-0.4, -0.2) is 51.3 Å². The van der Waals surface area contributed by atoms with Crippen molar-refractivity contribution in [2.75, 3.05) is 46.4 Å². The number of likely N-dealkylation sites (N-methyl/N-ethyl adjacent to an activating group) is 1. The number of hydrogen-bond acceptors (Lipinski definition) is 3. The molecule has 3 nitrogen and oxygen atoms in total. The molecule has 0 aromatic carbocycles. The zero-order chi connectivity index (χ0) is 9.94. The summed E-state index contributed by atoms with van der Waals surface area (Å²) < 4.78 is 5.04. The van der Waals surface area contributed by atoms with E-state index in [1.807, 2.05) is 0 Å². The third kappa shape index (κ3) is 8.22. The van der Waals surface area contributed by atoms with Gasteiger partial charge in [-0.25, -0.2) is 0 Å². The molecule has 0 aliphatic rings. The summed E-state index contributed by atoms with van der Waals surface area (Å²) in [5, 5.41) is 3.33. The van der Waals surface area contributed by atoms with Crippen molar-refractivity contribution in [3.63, 3.8) is 0 Å². The summed E-state index contributed by atoms with van der Waals surface area (Å²) in [5.41, 5.74) is 0. The van der Waals surface area contributed by atoms with Gasteiger partial charge in [-0.05, 0) is 32.6 Å². The van der Waals surface area contributed by atoms with Crippen molar-refractivity contribution in [3.8, 4) is 0 Å². The fourth-order valence-electron chi connectivity index (χ4n) is 1.25. The molecule has 3 heteroatoms. The van der Waals surface area contributed by atoms with Gasteiger partial charge < -0.3 is 15.0 Å². The van der Waals surface area contributed by atoms with Crippen molar-refractivity contribution in [3.05, 3.63) is 0 Å². The molecule has 0 saturated heterocycles. The summed E-state index contributed by atoms with van der Waals surface area (Å²) >= 11 is 0. The van der Waals surface area contributed by atoms with Crippen LogP contribution in [0.15, 0.2) is 0 Å². The third-order valence-electron chi connectivity index (χ3n) is 2.14. The van der Waals surface area contributed by atoms with Crippen LogP contribution in [0, 0.1) is 0 Å². The SMILES string of the molecule is CCNCCCN(CC)CCOC. The van der Waals surface area contributed by atoms with Crippen molar-refractivity contribution in [1.29, 1.82) is 0 Å². The van der Waals surface area contributed by atoms with Crippen molar-refractivity contribution >= 4 is 0 Å². The van der Waals surface area contributed by atoms with Crippen LogP contribution in [0.1, 0.15) is 20.3 Å². The van der Waals surface area contributed by atoms with E-state index in [0.29, 0.717) is 0 Å². The molecule has 0 saturated carbocycles. The maximum atomic E-state index is 5.04. The van der Waals surface area contributed by atoms with E-state index in [4.69, 9.17) is 4.74 Å². The van der Waals surface area contributed by atoms with Crippen molar-refractivity contribution < 1.29 is 4.74 Å². The fourth-order valence-corrected chi connectivity index (χ4v) is 1.25. The van der Waals surface area contributed by atoms with Crippen LogP contribution in [0.5, 0.6) is 0 Å². The average Bonchev–Trinajstić information content (AvgIpc) is 2.17. The Morgan fingerprint density at radius 2 is 2.00 bits per heavy atom. The van der Waals surface area contributed by atoms with Crippen LogP contribution in [0.3, 0.4) is 0 Å². The Hall–Kier alpha value is -0.120. The lowest BCUT2D eigenvalue weighted by molar-refractivity contribution is 0.150. The molecule has 0 radical (unpaired) electrons. The molecule has 0 atom stereocenters. The quantitative estimate of drug-likeness (QED) is 0.545. The third-order valence-corrected chi connectivity index (χ3v) is 2.14. The molecule has 0 bridgehead atoms. The van der Waals surface area contributed by atoms with Gasteiger partial charge in [-0.1, -0.05) is 13.8 Å². The highest BCUT2D eigenvalue weighted by atomic mass is 16.5. The van der Waals surface area contributed by atoms with E-state index in [9.17, 15) is 0 Å². The molecule has 0 aromatic heterocycles. The zero-order valence-electron chi connectivity index (χ0n) is 9.31. The molecular formula is C10H24N2O. The van der Waals surface area contributed by atoms with Gasteiger partial charge in [0, 0.05) is 13.7 Å². The normalized spacial score (nSPS) is 11.1. The highest BCUT2D eigenvalue weighted by molar-refractivity contribution is 4.56. The van der Waals surface area contributed by atoms with E-state index in [0.717, 1.165) is 32.8 Å². The fraction of sp³-hybridized carbons (Fsp3) is 1.00. The predicted octanol–water partition coefficient (Wildman–Crippen LogP) is 0.954. The second kappa shape index (κ2) is 9.96. The minimum absolute atomic E-state index is 0.842. The van der Waals surface area contributed by atoms with Gasteiger partial charge in [0.05, 0.1) is 6.61 Å². The molecule has 0 rings (SSSR count). The Balaban J connectivity index is 3.25. The summed E-state index contributed by atoms with van der Waals surface area (Å²) in [6.07, 6.45) is 1.23. The Bertz CT molecular complexity index is 98.9. The van der Waals surface area contributed by atoms with E-state index in [1.165, 1.54) is 13.0 Å². The molecule has 0 amide bonds. The first-order chi connectivity index (χ1) is 6.35. The second-order valence-electron chi connectivity index (χ2n) is 3.13. The number of nitrogens with zero attached hydrogens (tertiary/aromatic N) is 1. The summed E-state index contributed by atoms with van der Waals surface area (Å²) in [5.74, 6) is 0. The molecular weight excluding hydrogens is 164 g/mol. The Morgan fingerprint density at radius 3 is 2.54 bits per heavy atom. The van der Waals surface area contributed by atoms with Crippen LogP contribution in [0.2, 0.25) is 0 Å². The number of ether oxygens (including phenoxy) is 1. The minimum Gasteiger partial charge on any atom is -0.383 e. The molecule has 0 heterocycles. The average molecular weight is 188 g/mol. The van der Waals surface area contributed by atoms with Gasteiger partial charge >= 0.3 is 0 Å². The summed E-state index contributed by atoms with van der Waals surface area (Å²) in [7, 11) is 1.76. The highest BCUT2D eigenvalue weighted by Gasteiger charge is 2.00. The topological polar surface area (TPSA) is 24.5 Å². The van der Waals surface area contributed by atoms with E-state index < -0.39 is 0 Å². The minimum atomic E-state index is 0.842. The van der Waals surface area contributed by atoms with Gasteiger partial charge in [-0.15, -0.1) is 0 Å². The molecule has 0 aromatic rings. The Morgan fingerprint density at radius 1 is 1.23 bits per heavy atom. The Labute approximate surface area is 82.4 Å². The smallest absolute Gasteiger partial charge is 0.0589 e. The van der Waals surface area contributed by atoms with E-state index in [1.54, 1.807) is 7.11 Å². The number of rotatable bonds is 9. The van der Waals surface area contributed by atoms with E-state index in [2.05, 4.69) is 24.1 Å². The standard InChI is InChI=1S/C10H24N2O/c1-4-11-7-6-8-12(5-2)9-10-13-3/h11H,4-10H2,1-3H3. The second-order valence-corrected chi connectivity index (χ2v) is 3.13. The van der Waals surface area contributed by atoms with Gasteiger partial charge in [0.2, 0.25) is 0 Å². The van der Waals surface area contributed by atoms with Crippen molar-refractivity contribution in [2.24, 2.45) is 0 Å². The largest absolute Gasteiger partial charge is 0.383 e. The lowest BCUT2D eigenvalue weighted by atomic mass is 10.3. The van der Waals surface area contributed by atoms with E-state index in [-0.39, 0.29) is 0 Å². The maximum Gasteiger partial charge on any atom is 0.0589 e. The first kappa shape index (κ1) is 12.9. The van der Waals surface area contributed by atoms with Gasteiger partial charge in [0.1, 0.15) is 0 Å². The summed E-state index contributed by atoms with van der Waals surface area (Å²) in [6, 6.07) is 0. The van der Waals surface area contributed by atoms with Crippen molar-refractivity contribution in [1.82, 2.24) is 10.2 Å². The van der Waals surface area contributed by atoms with Gasteiger partial charge in [0.15, 0.2) is 0 Å². The Kier molecular flexibility index (Phi) is 9.87. The van der Waals surface area contributed by atoms with Gasteiger partial charge in [-0.2, -0.15) is 0 Å². The predicted molar refractivity (Wildman–Crippen MR) is 57.2 cm³/mol. The molecule has 0 spiro atoms. The molecule has 13 heavy (non-hydrogen) atoms. The summed E-state index contributed by atoms with van der Waals surface area (Å²) in [4.78, 5) is 2.42. The molecule has 0 fully saturated rings. The summed E-state index contributed by atoms with van der Waals surface area (Å²) in [6.45, 7) is 10.7. The molecule has 80 valence electrons. The first-order valence-corrected chi connectivity index (χ1v) is 5.27. The molecule has 0 aliphatic carbocycles. The number of methoxy groups -OCH3 is 1. The lowest BCUT2D eigenvalue weighted by Crippen LogP contribution is -2.30. The number of hydrogen-bond donors (Lipinski definition) is 1. The molecule has 0 aliphatic heterocycles. The van der Waals surface area contributed by atoms with Crippen LogP contribution in [0.25, 0.3) is 0 Å². The van der Waals surface area contributed by atoms with Crippen LogP contribution in [0.4, 0.5) is 0 Å². The zero-order valence-corrected chi connectivity index (χ0v) is 9.31. The first-order valence-electron chi connectivity index (χ1n) is 5.27. The maximum absolute atomic E-state index is 5.04. The lowest BCUT2D eigenvalue weighted by Gasteiger charge is -2.19. The monoisotopic (exact) mass is 188 g/mol. The van der Waals surface area contributed by atoms with Crippen LogP contribution >= 0.6 is 0 Å². The molecule has 0 unspecified atom stereocenters. The molecule has 1 N–H and O–H groups in total. The number of nitrogens with one attached hydrogen (secondary N) is 1. The van der Waals surface area contributed by atoms with Crippen LogP contribution in [-0.2, 0) is 4.74 Å². The van der Waals surface area contributed by atoms with Gasteiger partial charge in [0.25, 0.3) is 0 Å². The van der Waals surface area contributed by atoms with Gasteiger partial charge in [-0.3, -0.25) is 0 Å².